The summed E-state index contributed by atoms with van der Waals surface area (Å²) in [7, 11) is 0. The molecule has 3 aromatic rings. The zero-order valence-electron chi connectivity index (χ0n) is 13.0. The smallest absolute Gasteiger partial charge is 0.307 e. The van der Waals surface area contributed by atoms with Crippen LogP contribution in [0.3, 0.4) is 0 Å². The van der Waals surface area contributed by atoms with E-state index in [1.165, 1.54) is 23.5 Å². The van der Waals surface area contributed by atoms with Crippen molar-refractivity contribution < 1.29 is 9.72 Å². The molecule has 0 aliphatic rings. The molecule has 0 fully saturated rings. The van der Waals surface area contributed by atoms with Crippen LogP contribution in [0.15, 0.2) is 36.4 Å². The summed E-state index contributed by atoms with van der Waals surface area (Å²) >= 11 is 1.19. The van der Waals surface area contributed by atoms with E-state index in [2.05, 4.69) is 15.6 Å². The fourth-order valence-corrected chi connectivity index (χ4v) is 3.23. The van der Waals surface area contributed by atoms with Gasteiger partial charge in [-0.2, -0.15) is 0 Å². The van der Waals surface area contributed by atoms with E-state index in [9.17, 15) is 14.9 Å². The molecule has 1 aromatic heterocycles. The second kappa shape index (κ2) is 6.25. The van der Waals surface area contributed by atoms with Crippen LogP contribution in [0.4, 0.5) is 21.3 Å². The van der Waals surface area contributed by atoms with Gasteiger partial charge in [0.25, 0.3) is 5.69 Å². The number of hydrogen-bond donors (Lipinski definition) is 2. The van der Waals surface area contributed by atoms with Gasteiger partial charge in [-0.3, -0.25) is 15.4 Å². The van der Waals surface area contributed by atoms with Crippen LogP contribution in [0.2, 0.25) is 0 Å². The number of rotatable bonds is 3. The second-order valence-corrected chi connectivity index (χ2v) is 6.30. The average molecular weight is 342 g/mol. The minimum Gasteiger partial charge on any atom is -0.307 e. The van der Waals surface area contributed by atoms with Crippen molar-refractivity contribution in [2.45, 2.75) is 13.8 Å². The largest absolute Gasteiger partial charge is 0.325 e. The number of nitrogens with one attached hydrogen (secondary N) is 2. The van der Waals surface area contributed by atoms with Gasteiger partial charge in [0, 0.05) is 17.8 Å². The lowest BCUT2D eigenvalue weighted by atomic mass is 10.1. The summed E-state index contributed by atoms with van der Waals surface area (Å²) in [5.41, 5.74) is 3.28. The molecule has 0 saturated heterocycles. The van der Waals surface area contributed by atoms with Crippen molar-refractivity contribution in [3.63, 3.8) is 0 Å². The molecule has 8 heteroatoms. The third-order valence-corrected chi connectivity index (χ3v) is 4.46. The summed E-state index contributed by atoms with van der Waals surface area (Å²) < 4.78 is 0.645. The van der Waals surface area contributed by atoms with Gasteiger partial charge in [-0.15, -0.1) is 0 Å². The molecule has 0 radical (unpaired) electrons. The Morgan fingerprint density at radius 2 is 1.88 bits per heavy atom. The summed E-state index contributed by atoms with van der Waals surface area (Å²) in [6.07, 6.45) is 0. The van der Waals surface area contributed by atoms with Crippen molar-refractivity contribution in [2.24, 2.45) is 0 Å². The second-order valence-electron chi connectivity index (χ2n) is 5.27. The highest BCUT2D eigenvalue weighted by atomic mass is 32.1. The lowest BCUT2D eigenvalue weighted by molar-refractivity contribution is -0.384. The van der Waals surface area contributed by atoms with Crippen LogP contribution in [0.1, 0.15) is 11.1 Å². The quantitative estimate of drug-likeness (QED) is 0.542. The molecule has 122 valence electrons. The summed E-state index contributed by atoms with van der Waals surface area (Å²) in [4.78, 5) is 26.8. The normalized spacial score (nSPS) is 10.6. The molecule has 3 rings (SSSR count). The minimum absolute atomic E-state index is 0.00214. The third-order valence-electron chi connectivity index (χ3n) is 3.52. The van der Waals surface area contributed by atoms with Crippen LogP contribution in [-0.4, -0.2) is 15.9 Å². The first-order valence-electron chi connectivity index (χ1n) is 7.13. The van der Waals surface area contributed by atoms with Crippen LogP contribution in [0.25, 0.3) is 10.2 Å². The number of anilines is 2. The summed E-state index contributed by atoms with van der Waals surface area (Å²) in [5, 5.41) is 16.7. The molecule has 0 aliphatic heterocycles. The molecule has 2 N–H and O–H groups in total. The van der Waals surface area contributed by atoms with Crippen LogP contribution in [-0.2, 0) is 0 Å². The van der Waals surface area contributed by atoms with Crippen LogP contribution in [0, 0.1) is 24.0 Å². The number of nitro benzene ring substituents is 1. The molecule has 0 bridgehead atoms. The SMILES string of the molecule is Cc1cccc(C)c1NC(=O)Nc1nc2ccc([N+](=O)[O-])cc2s1. The zero-order chi connectivity index (χ0) is 17.3. The Hall–Kier alpha value is -3.00. The van der Waals surface area contributed by atoms with Crippen LogP contribution < -0.4 is 10.6 Å². The molecular weight excluding hydrogens is 328 g/mol. The monoisotopic (exact) mass is 342 g/mol. The number of para-hydroxylation sites is 1. The van der Waals surface area contributed by atoms with Gasteiger partial charge in [-0.05, 0) is 31.0 Å². The topological polar surface area (TPSA) is 97.2 Å². The highest BCUT2D eigenvalue weighted by molar-refractivity contribution is 7.22. The van der Waals surface area contributed by atoms with Gasteiger partial charge < -0.3 is 5.32 Å². The van der Waals surface area contributed by atoms with Gasteiger partial charge in [-0.1, -0.05) is 29.5 Å². The first kappa shape index (κ1) is 15.9. The van der Waals surface area contributed by atoms with Gasteiger partial charge >= 0.3 is 6.03 Å². The fraction of sp³-hybridized carbons (Fsp3) is 0.125. The molecular formula is C16H14N4O3S. The number of aryl methyl sites for hydroxylation is 2. The Bertz CT molecular complexity index is 931. The van der Waals surface area contributed by atoms with E-state index in [0.29, 0.717) is 15.3 Å². The summed E-state index contributed by atoms with van der Waals surface area (Å²) in [5.74, 6) is 0. The number of aromatic nitrogens is 1. The molecule has 0 aliphatic carbocycles. The van der Waals surface area contributed by atoms with Crippen LogP contribution in [0.5, 0.6) is 0 Å². The van der Waals surface area contributed by atoms with E-state index in [1.807, 2.05) is 32.0 Å². The van der Waals surface area contributed by atoms with Crippen molar-refractivity contribution in [3.05, 3.63) is 57.6 Å². The van der Waals surface area contributed by atoms with Gasteiger partial charge in [-0.25, -0.2) is 9.78 Å². The van der Waals surface area contributed by atoms with Crippen molar-refractivity contribution in [1.29, 1.82) is 0 Å². The number of thiazole rings is 1. The van der Waals surface area contributed by atoms with Crippen molar-refractivity contribution >= 4 is 44.1 Å². The molecule has 2 amide bonds. The lowest BCUT2D eigenvalue weighted by Gasteiger charge is -2.11. The Balaban J connectivity index is 1.79. The number of nitro groups is 1. The van der Waals surface area contributed by atoms with E-state index >= 15 is 0 Å². The third kappa shape index (κ3) is 3.18. The molecule has 1 heterocycles. The van der Waals surface area contributed by atoms with Gasteiger partial charge in [0.05, 0.1) is 15.1 Å². The van der Waals surface area contributed by atoms with E-state index in [0.717, 1.165) is 16.8 Å². The first-order chi connectivity index (χ1) is 11.4. The van der Waals surface area contributed by atoms with E-state index in [4.69, 9.17) is 0 Å². The predicted octanol–water partition coefficient (Wildman–Crippen LogP) is 4.47. The predicted molar refractivity (Wildman–Crippen MR) is 94.8 cm³/mol. The number of hydrogen-bond acceptors (Lipinski definition) is 5. The highest BCUT2D eigenvalue weighted by Gasteiger charge is 2.13. The van der Waals surface area contributed by atoms with Gasteiger partial charge in [0.15, 0.2) is 5.13 Å². The minimum atomic E-state index is -0.458. The lowest BCUT2D eigenvalue weighted by Crippen LogP contribution is -2.20. The van der Waals surface area contributed by atoms with E-state index in [1.54, 1.807) is 6.07 Å². The fourth-order valence-electron chi connectivity index (χ4n) is 2.33. The van der Waals surface area contributed by atoms with Gasteiger partial charge in [0.1, 0.15) is 0 Å². The molecule has 2 aromatic carbocycles. The molecule has 24 heavy (non-hydrogen) atoms. The van der Waals surface area contributed by atoms with Crippen molar-refractivity contribution in [2.75, 3.05) is 10.6 Å². The maximum Gasteiger partial charge on any atom is 0.325 e. The van der Waals surface area contributed by atoms with Crippen molar-refractivity contribution in [1.82, 2.24) is 4.98 Å². The Morgan fingerprint density at radius 1 is 1.17 bits per heavy atom. The number of carbonyl (C=O) groups excluding carboxylic acids is 1. The number of urea groups is 1. The molecule has 7 nitrogen and oxygen atoms in total. The number of benzene rings is 2. The van der Waals surface area contributed by atoms with Crippen molar-refractivity contribution in [3.8, 4) is 0 Å². The number of fused-ring (bicyclic) bond motifs is 1. The maximum atomic E-state index is 12.2. The molecule has 0 unspecified atom stereocenters. The van der Waals surface area contributed by atoms with Gasteiger partial charge in [0.2, 0.25) is 0 Å². The number of nitrogens with zero attached hydrogens (tertiary/aromatic N) is 2. The number of carbonyl (C=O) groups is 1. The Labute approximate surface area is 141 Å². The van der Waals surface area contributed by atoms with E-state index < -0.39 is 11.0 Å². The molecule has 0 atom stereocenters. The average Bonchev–Trinajstić information content (AvgIpc) is 2.92. The Kier molecular flexibility index (Phi) is 4.13. The highest BCUT2D eigenvalue weighted by Crippen LogP contribution is 2.29. The number of amides is 2. The molecule has 0 saturated carbocycles. The first-order valence-corrected chi connectivity index (χ1v) is 7.95. The van der Waals surface area contributed by atoms with E-state index in [-0.39, 0.29) is 5.69 Å². The molecule has 0 spiro atoms. The zero-order valence-corrected chi connectivity index (χ0v) is 13.8. The summed E-state index contributed by atoms with van der Waals surface area (Å²) in [6, 6.07) is 9.76. The summed E-state index contributed by atoms with van der Waals surface area (Å²) in [6.45, 7) is 3.83. The standard InChI is InChI=1S/C16H14N4O3S/c1-9-4-3-5-10(2)14(9)18-15(21)19-16-17-12-7-6-11(20(22)23)8-13(12)24-16/h3-8H,1-2H3,(H2,17,18,19,21). The van der Waals surface area contributed by atoms with Crippen LogP contribution >= 0.6 is 11.3 Å². The Morgan fingerprint density at radius 3 is 2.54 bits per heavy atom. The number of non-ortho nitro benzene ring substituents is 1. The maximum absolute atomic E-state index is 12.2.